The standard InChI is InChI=1S/C25H24F2N6O2/c1-15-14-32(25(34)31-23-13-30-24-21(23)9-17(26)10-22(24)27)7-8-33(15)18-3-5-19(6-4-18)35-20-11-28-16(2)29-12-20/h3-6,9-13,15,30H,7-8,14H2,1-2H3,(H,31,34)/t15-/m1/s1. The van der Waals surface area contributed by atoms with Crippen LogP contribution in [0.15, 0.2) is 55.0 Å². The number of benzene rings is 2. The Hall–Kier alpha value is -4.21. The van der Waals surface area contributed by atoms with Crippen LogP contribution in [0, 0.1) is 18.6 Å². The first-order valence-corrected chi connectivity index (χ1v) is 11.2. The Morgan fingerprint density at radius 2 is 1.86 bits per heavy atom. The molecule has 10 heteroatoms. The third kappa shape index (κ3) is 4.72. The molecular formula is C25H24F2N6O2. The van der Waals surface area contributed by atoms with Gasteiger partial charge in [-0.25, -0.2) is 23.5 Å². The van der Waals surface area contributed by atoms with Gasteiger partial charge in [0.2, 0.25) is 0 Å². The maximum Gasteiger partial charge on any atom is 0.322 e. The van der Waals surface area contributed by atoms with Crippen LogP contribution in [-0.4, -0.2) is 51.6 Å². The fraction of sp³-hybridized carbons (Fsp3) is 0.240. The second-order valence-electron chi connectivity index (χ2n) is 8.49. The topological polar surface area (TPSA) is 86.4 Å². The number of nitrogens with one attached hydrogen (secondary N) is 2. The maximum atomic E-state index is 13.9. The van der Waals surface area contributed by atoms with E-state index in [9.17, 15) is 13.6 Å². The molecule has 0 bridgehead atoms. The summed E-state index contributed by atoms with van der Waals surface area (Å²) in [7, 11) is 0. The molecule has 1 atom stereocenters. The summed E-state index contributed by atoms with van der Waals surface area (Å²) in [4.78, 5) is 27.8. The van der Waals surface area contributed by atoms with Crippen LogP contribution in [0.1, 0.15) is 12.7 Å². The minimum atomic E-state index is -0.702. The summed E-state index contributed by atoms with van der Waals surface area (Å²) < 4.78 is 33.4. The lowest BCUT2D eigenvalue weighted by molar-refractivity contribution is 0.200. The molecule has 0 aliphatic carbocycles. The molecule has 8 nitrogen and oxygen atoms in total. The first kappa shape index (κ1) is 22.6. The third-order valence-electron chi connectivity index (χ3n) is 6.02. The molecule has 0 unspecified atom stereocenters. The van der Waals surface area contributed by atoms with Crippen molar-refractivity contribution >= 4 is 28.3 Å². The number of rotatable bonds is 4. The fourth-order valence-corrected chi connectivity index (χ4v) is 4.25. The summed E-state index contributed by atoms with van der Waals surface area (Å²) in [6, 6.07) is 9.48. The first-order chi connectivity index (χ1) is 16.9. The van der Waals surface area contributed by atoms with Gasteiger partial charge in [-0.15, -0.1) is 0 Å². The monoisotopic (exact) mass is 478 g/mol. The second-order valence-corrected chi connectivity index (χ2v) is 8.49. The van der Waals surface area contributed by atoms with E-state index in [4.69, 9.17) is 4.74 Å². The van der Waals surface area contributed by atoms with E-state index in [0.717, 1.165) is 11.8 Å². The van der Waals surface area contributed by atoms with Gasteiger partial charge in [-0.3, -0.25) is 0 Å². The van der Waals surface area contributed by atoms with Gasteiger partial charge in [0.05, 0.1) is 23.6 Å². The zero-order valence-electron chi connectivity index (χ0n) is 19.3. The maximum absolute atomic E-state index is 13.9. The van der Waals surface area contributed by atoms with Crippen molar-refractivity contribution in [2.45, 2.75) is 19.9 Å². The molecule has 0 spiro atoms. The molecule has 35 heavy (non-hydrogen) atoms. The minimum absolute atomic E-state index is 0.0598. The number of halogens is 2. The minimum Gasteiger partial charge on any atom is -0.454 e. The molecule has 2 N–H and O–H groups in total. The molecule has 4 aromatic rings. The molecule has 2 amide bonds. The van der Waals surface area contributed by atoms with Crippen LogP contribution in [0.4, 0.5) is 25.0 Å². The molecule has 1 aliphatic heterocycles. The zero-order valence-corrected chi connectivity index (χ0v) is 19.3. The number of nitrogens with zero attached hydrogens (tertiary/aromatic N) is 4. The summed E-state index contributed by atoms with van der Waals surface area (Å²) >= 11 is 0. The highest BCUT2D eigenvalue weighted by Gasteiger charge is 2.27. The number of fused-ring (bicyclic) bond motifs is 1. The van der Waals surface area contributed by atoms with E-state index >= 15 is 0 Å². The van der Waals surface area contributed by atoms with Gasteiger partial charge in [0.15, 0.2) is 5.75 Å². The summed E-state index contributed by atoms with van der Waals surface area (Å²) in [5.41, 5.74) is 1.52. The van der Waals surface area contributed by atoms with Crippen molar-refractivity contribution in [3.05, 3.63) is 72.4 Å². The van der Waals surface area contributed by atoms with E-state index in [1.807, 2.05) is 38.1 Å². The van der Waals surface area contributed by atoms with Crippen LogP contribution in [0.5, 0.6) is 11.5 Å². The number of hydrogen-bond acceptors (Lipinski definition) is 5. The van der Waals surface area contributed by atoms with Crippen LogP contribution in [0.25, 0.3) is 10.9 Å². The number of aromatic nitrogens is 3. The number of anilines is 2. The lowest BCUT2D eigenvalue weighted by Gasteiger charge is -2.41. The highest BCUT2D eigenvalue weighted by molar-refractivity contribution is 6.01. The van der Waals surface area contributed by atoms with Gasteiger partial charge in [-0.2, -0.15) is 0 Å². The predicted octanol–water partition coefficient (Wildman–Crippen LogP) is 5.08. The Morgan fingerprint density at radius 3 is 2.57 bits per heavy atom. The average Bonchev–Trinajstić information content (AvgIpc) is 3.24. The van der Waals surface area contributed by atoms with E-state index in [0.29, 0.717) is 48.0 Å². The molecule has 2 aromatic carbocycles. The molecule has 0 radical (unpaired) electrons. The van der Waals surface area contributed by atoms with E-state index in [-0.39, 0.29) is 17.6 Å². The summed E-state index contributed by atoms with van der Waals surface area (Å²) in [6.07, 6.45) is 4.73. The Kier molecular flexibility index (Phi) is 5.94. The molecule has 1 aliphatic rings. The van der Waals surface area contributed by atoms with Crippen molar-refractivity contribution in [3.8, 4) is 11.5 Å². The lowest BCUT2D eigenvalue weighted by Crippen LogP contribution is -2.54. The van der Waals surface area contributed by atoms with Gasteiger partial charge in [0.1, 0.15) is 23.2 Å². The number of carbonyl (C=O) groups excluding carboxylic acids is 1. The van der Waals surface area contributed by atoms with Crippen molar-refractivity contribution in [1.29, 1.82) is 0 Å². The summed E-state index contributed by atoms with van der Waals surface area (Å²) in [6.45, 7) is 5.49. The number of urea groups is 1. The molecule has 0 saturated carbocycles. The molecular weight excluding hydrogens is 454 g/mol. The van der Waals surface area contributed by atoms with E-state index < -0.39 is 11.6 Å². The fourth-order valence-electron chi connectivity index (χ4n) is 4.25. The number of carbonyl (C=O) groups is 1. The normalized spacial score (nSPS) is 15.9. The van der Waals surface area contributed by atoms with Gasteiger partial charge in [-0.05, 0) is 44.2 Å². The average molecular weight is 479 g/mol. The van der Waals surface area contributed by atoms with Crippen LogP contribution >= 0.6 is 0 Å². The SMILES string of the molecule is Cc1ncc(Oc2ccc(N3CCN(C(=O)Nc4c[nH]c5c(F)cc(F)cc45)C[C@H]3C)cc2)cn1. The third-order valence-corrected chi connectivity index (χ3v) is 6.02. The molecule has 1 saturated heterocycles. The summed E-state index contributed by atoms with van der Waals surface area (Å²) in [5, 5.41) is 3.07. The lowest BCUT2D eigenvalue weighted by atomic mass is 10.1. The van der Waals surface area contributed by atoms with Crippen LogP contribution in [0.2, 0.25) is 0 Å². The highest BCUT2D eigenvalue weighted by Crippen LogP contribution is 2.28. The van der Waals surface area contributed by atoms with Crippen LogP contribution in [-0.2, 0) is 0 Å². The number of piperazine rings is 1. The first-order valence-electron chi connectivity index (χ1n) is 11.2. The highest BCUT2D eigenvalue weighted by atomic mass is 19.1. The van der Waals surface area contributed by atoms with Crippen molar-refractivity contribution in [2.75, 3.05) is 29.9 Å². The Labute approximate surface area is 200 Å². The quantitative estimate of drug-likeness (QED) is 0.427. The van der Waals surface area contributed by atoms with Gasteiger partial charge in [0.25, 0.3) is 0 Å². The molecule has 180 valence electrons. The van der Waals surface area contributed by atoms with Crippen molar-refractivity contribution < 1.29 is 18.3 Å². The van der Waals surface area contributed by atoms with Crippen LogP contribution < -0.4 is 15.0 Å². The predicted molar refractivity (Wildman–Crippen MR) is 129 cm³/mol. The van der Waals surface area contributed by atoms with Crippen molar-refractivity contribution in [2.24, 2.45) is 0 Å². The van der Waals surface area contributed by atoms with E-state index in [1.165, 1.54) is 12.3 Å². The van der Waals surface area contributed by atoms with Gasteiger partial charge < -0.3 is 24.8 Å². The zero-order chi connectivity index (χ0) is 24.5. The van der Waals surface area contributed by atoms with Crippen molar-refractivity contribution in [3.63, 3.8) is 0 Å². The van der Waals surface area contributed by atoms with Gasteiger partial charge in [-0.1, -0.05) is 0 Å². The van der Waals surface area contributed by atoms with Gasteiger partial charge >= 0.3 is 6.03 Å². The second kappa shape index (κ2) is 9.21. The number of amides is 2. The summed E-state index contributed by atoms with van der Waals surface area (Å²) in [5.74, 6) is 0.525. The molecule has 2 aromatic heterocycles. The largest absolute Gasteiger partial charge is 0.454 e. The Bertz CT molecular complexity index is 1360. The van der Waals surface area contributed by atoms with E-state index in [2.05, 4.69) is 25.2 Å². The van der Waals surface area contributed by atoms with E-state index in [1.54, 1.807) is 17.3 Å². The Morgan fingerprint density at radius 1 is 1.11 bits per heavy atom. The molecule has 1 fully saturated rings. The number of aromatic amines is 1. The number of hydrogen-bond donors (Lipinski definition) is 2. The molecule has 5 rings (SSSR count). The van der Waals surface area contributed by atoms with Crippen molar-refractivity contribution in [1.82, 2.24) is 19.9 Å². The van der Waals surface area contributed by atoms with Gasteiger partial charge in [0, 0.05) is 49.0 Å². The Balaban J connectivity index is 1.21. The number of ether oxygens (including phenoxy) is 1. The smallest absolute Gasteiger partial charge is 0.322 e. The van der Waals surface area contributed by atoms with Crippen LogP contribution in [0.3, 0.4) is 0 Å². The number of H-pyrrole nitrogens is 1. The molecule has 3 heterocycles. The number of aryl methyl sites for hydroxylation is 1.